The molecule has 0 aromatic rings. The number of aliphatic carboxylic acids is 1. The summed E-state index contributed by atoms with van der Waals surface area (Å²) in [5, 5.41) is 10.2. The van der Waals surface area contributed by atoms with Gasteiger partial charge in [0.25, 0.3) is 12.3 Å². The molecule has 0 aromatic carbocycles. The zero-order chi connectivity index (χ0) is 44.8. The standard InChI is InChI=1S/C36H70O4S.C18H36O2.Na/c1-3-5-7-9-11-13-15-17-19-21-23-25-27-29-31-33-35(37)39-41-40-36(38)34-32-30-28-26-24-22-20-18-16-14-12-10-8-6-4-2;1-2-3-4-5-6-7-8-9-10-11-12-13-14-15-16-17-18(19)20;/h3-34H2,1-2H3;2-17H2,1H3,(H,19,20);/q;;+1/p-1. The Hall–Kier alpha value is -0.240. The summed E-state index contributed by atoms with van der Waals surface area (Å²) in [5.41, 5.74) is 0. The second-order valence-electron chi connectivity index (χ2n) is 18.4. The van der Waals surface area contributed by atoms with E-state index >= 15 is 0 Å². The van der Waals surface area contributed by atoms with E-state index in [-0.39, 0.29) is 47.9 Å². The molecule has 6 nitrogen and oxygen atoms in total. The first kappa shape index (κ1) is 66.0. The molecule has 0 aliphatic carbocycles. The average Bonchev–Trinajstić information content (AvgIpc) is 3.25. The molecule has 0 saturated carbocycles. The Labute approximate surface area is 414 Å². The van der Waals surface area contributed by atoms with Gasteiger partial charge < -0.3 is 18.3 Å². The Kier molecular flexibility index (Phi) is 64.7. The quantitative estimate of drug-likeness (QED) is 0.0341. The monoisotopic (exact) mass is 905 g/mol. The van der Waals surface area contributed by atoms with E-state index in [1.54, 1.807) is 0 Å². The van der Waals surface area contributed by atoms with Crippen molar-refractivity contribution in [3.05, 3.63) is 0 Å². The minimum Gasteiger partial charge on any atom is -0.550 e. The van der Waals surface area contributed by atoms with E-state index in [0.717, 1.165) is 38.5 Å². The summed E-state index contributed by atoms with van der Waals surface area (Å²) in [6, 6.07) is 0. The summed E-state index contributed by atoms with van der Waals surface area (Å²) in [6.07, 6.45) is 59.9. The number of hydrogen-bond acceptors (Lipinski definition) is 7. The molecule has 0 saturated heterocycles. The van der Waals surface area contributed by atoms with Crippen LogP contribution in [-0.4, -0.2) is 17.9 Å². The van der Waals surface area contributed by atoms with Gasteiger partial charge in [-0.05, 0) is 25.7 Å². The fraction of sp³-hybridized carbons (Fsp3) is 0.944. The minimum atomic E-state index is -0.903. The molecule has 364 valence electrons. The maximum absolute atomic E-state index is 11.8. The Bertz CT molecular complexity index is 828. The number of hydrogen-bond donors (Lipinski definition) is 0. The van der Waals surface area contributed by atoms with Crippen molar-refractivity contribution >= 4 is 30.2 Å². The van der Waals surface area contributed by atoms with Crippen molar-refractivity contribution in [1.29, 1.82) is 0 Å². The molecule has 62 heavy (non-hydrogen) atoms. The van der Waals surface area contributed by atoms with Crippen molar-refractivity contribution in [3.8, 4) is 0 Å². The van der Waals surface area contributed by atoms with E-state index in [4.69, 9.17) is 8.37 Å². The van der Waals surface area contributed by atoms with Crippen molar-refractivity contribution in [2.75, 3.05) is 0 Å². The third-order valence-corrected chi connectivity index (χ3v) is 12.7. The average molecular weight is 905 g/mol. The van der Waals surface area contributed by atoms with Crippen LogP contribution in [0.5, 0.6) is 0 Å². The molecule has 0 fully saturated rings. The van der Waals surface area contributed by atoms with Crippen molar-refractivity contribution in [2.45, 2.75) is 329 Å². The maximum Gasteiger partial charge on any atom is 1.00 e. The van der Waals surface area contributed by atoms with Gasteiger partial charge in [-0.3, -0.25) is 9.59 Å². The first-order valence-electron chi connectivity index (χ1n) is 27.2. The van der Waals surface area contributed by atoms with Crippen LogP contribution < -0.4 is 34.7 Å². The van der Waals surface area contributed by atoms with E-state index in [0.29, 0.717) is 25.2 Å². The van der Waals surface area contributed by atoms with Crippen molar-refractivity contribution in [3.63, 3.8) is 0 Å². The fourth-order valence-electron chi connectivity index (χ4n) is 8.10. The number of carbonyl (C=O) groups excluding carboxylic acids is 3. The summed E-state index contributed by atoms with van der Waals surface area (Å²) < 4.78 is 9.99. The number of carboxylic acid groups (broad SMARTS) is 1. The minimum absolute atomic E-state index is 0. The van der Waals surface area contributed by atoms with Gasteiger partial charge in [0, 0.05) is 18.8 Å². The van der Waals surface area contributed by atoms with Gasteiger partial charge >= 0.3 is 41.5 Å². The third kappa shape index (κ3) is 64.0. The number of carbonyl (C=O) groups is 3. The van der Waals surface area contributed by atoms with Crippen LogP contribution in [0.4, 0.5) is 0 Å². The Morgan fingerprint density at radius 2 is 0.452 bits per heavy atom. The topological polar surface area (TPSA) is 92.7 Å². The van der Waals surface area contributed by atoms with E-state index in [1.165, 1.54) is 250 Å². The van der Waals surface area contributed by atoms with Crippen LogP contribution in [0.15, 0.2) is 0 Å². The molecule has 0 radical (unpaired) electrons. The Morgan fingerprint density at radius 3 is 0.629 bits per heavy atom. The summed E-state index contributed by atoms with van der Waals surface area (Å²) >= 11 is 0.545. The van der Waals surface area contributed by atoms with Crippen LogP contribution in [0.25, 0.3) is 0 Å². The van der Waals surface area contributed by atoms with Crippen LogP contribution in [0.3, 0.4) is 0 Å². The molecule has 0 amide bonds. The smallest absolute Gasteiger partial charge is 0.550 e. The zero-order valence-corrected chi connectivity index (χ0v) is 45.1. The molecule has 0 atom stereocenters. The number of rotatable bonds is 50. The van der Waals surface area contributed by atoms with Gasteiger partial charge in [-0.2, -0.15) is 0 Å². The molecule has 8 heteroatoms. The SMILES string of the molecule is CCCCCCCCCCCCCCCCCC(=O)OSOC(=O)CCCCCCCCCCCCCCCCC.CCCCCCCCCCCCCCCCCC(=O)[O-].[Na+]. The molecular weight excluding hydrogens is 800 g/mol. The van der Waals surface area contributed by atoms with Crippen LogP contribution in [0.1, 0.15) is 329 Å². The van der Waals surface area contributed by atoms with Gasteiger partial charge in [0.15, 0.2) is 0 Å². The molecule has 0 N–H and O–H groups in total. The number of carboxylic acids is 1. The normalized spacial score (nSPS) is 10.9. The molecule has 0 aromatic heterocycles. The fourth-order valence-corrected chi connectivity index (χ4v) is 8.45. The second-order valence-corrected chi connectivity index (χ2v) is 18.9. The van der Waals surface area contributed by atoms with Gasteiger partial charge in [-0.25, -0.2) is 0 Å². The van der Waals surface area contributed by atoms with E-state index in [1.807, 2.05) is 0 Å². The van der Waals surface area contributed by atoms with E-state index < -0.39 is 5.97 Å². The number of unbranched alkanes of at least 4 members (excludes halogenated alkanes) is 42. The summed E-state index contributed by atoms with van der Waals surface area (Å²) in [4.78, 5) is 33.9. The summed E-state index contributed by atoms with van der Waals surface area (Å²) in [7, 11) is 0. The molecule has 0 aliphatic heterocycles. The first-order chi connectivity index (χ1) is 30.0. The molecule has 0 spiro atoms. The predicted molar refractivity (Wildman–Crippen MR) is 263 cm³/mol. The predicted octanol–water partition coefficient (Wildman–Crippen LogP) is 15.2. The van der Waals surface area contributed by atoms with Crippen molar-refractivity contribution in [2.24, 2.45) is 0 Å². The van der Waals surface area contributed by atoms with E-state index in [9.17, 15) is 19.5 Å². The Morgan fingerprint density at radius 1 is 0.290 bits per heavy atom. The third-order valence-electron chi connectivity index (χ3n) is 12.2. The molecule has 0 unspecified atom stereocenters. The van der Waals surface area contributed by atoms with Gasteiger partial charge in [0.05, 0.1) is 0 Å². The zero-order valence-electron chi connectivity index (χ0n) is 42.3. The summed E-state index contributed by atoms with van der Waals surface area (Å²) in [6.45, 7) is 6.82. The molecule has 0 aliphatic rings. The van der Waals surface area contributed by atoms with E-state index in [2.05, 4.69) is 20.8 Å². The largest absolute Gasteiger partial charge is 1.00 e. The van der Waals surface area contributed by atoms with Crippen LogP contribution >= 0.6 is 12.3 Å². The molecule has 0 bridgehead atoms. The summed E-state index contributed by atoms with van der Waals surface area (Å²) in [5.74, 6) is -1.48. The van der Waals surface area contributed by atoms with Gasteiger partial charge in [0.1, 0.15) is 0 Å². The van der Waals surface area contributed by atoms with Gasteiger partial charge in [-0.1, -0.05) is 290 Å². The van der Waals surface area contributed by atoms with Crippen molar-refractivity contribution in [1.82, 2.24) is 0 Å². The van der Waals surface area contributed by atoms with Gasteiger partial charge in [-0.15, -0.1) is 0 Å². The second kappa shape index (κ2) is 60.8. The Balaban J connectivity index is -0.00000139. The van der Waals surface area contributed by atoms with Crippen LogP contribution in [-0.2, 0) is 22.7 Å². The van der Waals surface area contributed by atoms with Crippen LogP contribution in [0.2, 0.25) is 0 Å². The molecule has 0 heterocycles. The first-order valence-corrected chi connectivity index (χ1v) is 27.9. The molecular formula is C54H105NaO6S. The van der Waals surface area contributed by atoms with Crippen molar-refractivity contribution < 1.29 is 57.4 Å². The van der Waals surface area contributed by atoms with Crippen LogP contribution in [0, 0.1) is 0 Å². The molecule has 0 rings (SSSR count). The maximum atomic E-state index is 11.8. The van der Waals surface area contributed by atoms with Gasteiger partial charge in [0.2, 0.25) is 0 Å².